The maximum absolute atomic E-state index is 13.7. The molecule has 1 aliphatic rings. The van der Waals surface area contributed by atoms with Crippen LogP contribution in [0.2, 0.25) is 0 Å². The molecule has 7 heteroatoms. The summed E-state index contributed by atoms with van der Waals surface area (Å²) in [5.41, 5.74) is 3.84. The maximum Gasteiger partial charge on any atom is 0.326 e. The van der Waals surface area contributed by atoms with Crippen LogP contribution < -0.4 is 11.1 Å². The van der Waals surface area contributed by atoms with Crippen LogP contribution in [0.1, 0.15) is 47.0 Å². The summed E-state index contributed by atoms with van der Waals surface area (Å²) >= 11 is 0. The number of rotatable bonds is 7. The highest BCUT2D eigenvalue weighted by molar-refractivity contribution is 5.87. The van der Waals surface area contributed by atoms with Gasteiger partial charge in [0, 0.05) is 6.42 Å². The highest BCUT2D eigenvalue weighted by atomic mass is 19.1. The van der Waals surface area contributed by atoms with Gasteiger partial charge in [-0.1, -0.05) is 0 Å². The van der Waals surface area contributed by atoms with Crippen molar-refractivity contribution in [2.45, 2.75) is 76.4 Å². The quantitative estimate of drug-likeness (QED) is 0.651. The third-order valence-electron chi connectivity index (χ3n) is 3.32. The van der Waals surface area contributed by atoms with Crippen molar-refractivity contribution in [1.29, 1.82) is 0 Å². The first-order valence-electron chi connectivity index (χ1n) is 7.09. The second-order valence-electron chi connectivity index (χ2n) is 6.72. The fourth-order valence-electron chi connectivity index (χ4n) is 2.02. The van der Waals surface area contributed by atoms with Gasteiger partial charge >= 0.3 is 5.97 Å². The third-order valence-corrected chi connectivity index (χ3v) is 3.32. The van der Waals surface area contributed by atoms with E-state index in [0.29, 0.717) is 12.8 Å². The van der Waals surface area contributed by atoms with E-state index in [2.05, 4.69) is 5.32 Å². The molecule has 1 amide bonds. The van der Waals surface area contributed by atoms with Gasteiger partial charge < -0.3 is 20.9 Å². The first-order chi connectivity index (χ1) is 9.43. The zero-order valence-corrected chi connectivity index (χ0v) is 13.0. The van der Waals surface area contributed by atoms with Crippen molar-refractivity contribution in [2.24, 2.45) is 5.73 Å². The Bertz CT molecular complexity index is 404. The maximum atomic E-state index is 13.7. The molecule has 0 aromatic heterocycles. The molecule has 0 bridgehead atoms. The largest absolute Gasteiger partial charge is 0.480 e. The van der Waals surface area contributed by atoms with Crippen LogP contribution in [0.4, 0.5) is 4.39 Å². The monoisotopic (exact) mass is 304 g/mol. The lowest BCUT2D eigenvalue weighted by Crippen LogP contribution is -2.54. The van der Waals surface area contributed by atoms with Gasteiger partial charge in [0.05, 0.1) is 11.7 Å². The van der Waals surface area contributed by atoms with Crippen LogP contribution in [0.25, 0.3) is 0 Å². The van der Waals surface area contributed by atoms with Crippen LogP contribution in [0.5, 0.6) is 0 Å². The summed E-state index contributed by atoms with van der Waals surface area (Å²) in [6.45, 7) is 7.12. The Balaban J connectivity index is 2.57. The van der Waals surface area contributed by atoms with E-state index >= 15 is 0 Å². The van der Waals surface area contributed by atoms with Crippen LogP contribution >= 0.6 is 0 Å². The molecule has 122 valence electrons. The van der Waals surface area contributed by atoms with Crippen molar-refractivity contribution in [1.82, 2.24) is 5.32 Å². The van der Waals surface area contributed by atoms with Gasteiger partial charge in [-0.05, 0) is 40.5 Å². The molecular weight excluding hydrogens is 279 g/mol. The van der Waals surface area contributed by atoms with Gasteiger partial charge in [-0.2, -0.15) is 0 Å². The normalized spacial score (nSPS) is 21.2. The molecule has 21 heavy (non-hydrogen) atoms. The van der Waals surface area contributed by atoms with E-state index in [1.807, 2.05) is 20.8 Å². The Kier molecular flexibility index (Phi) is 5.33. The fraction of sp³-hybridized carbons (Fsp3) is 0.857. The predicted molar refractivity (Wildman–Crippen MR) is 75.5 cm³/mol. The number of ether oxygens (including phenoxy) is 1. The Hall–Kier alpha value is -1.21. The Morgan fingerprint density at radius 1 is 1.43 bits per heavy atom. The number of alkyl halides is 1. The van der Waals surface area contributed by atoms with Gasteiger partial charge in [-0.15, -0.1) is 0 Å². The molecule has 1 saturated carbocycles. The van der Waals surface area contributed by atoms with E-state index < -0.39 is 41.3 Å². The summed E-state index contributed by atoms with van der Waals surface area (Å²) in [6, 6.07) is -2.28. The minimum Gasteiger partial charge on any atom is -0.480 e. The van der Waals surface area contributed by atoms with Gasteiger partial charge in [-0.3, -0.25) is 4.79 Å². The summed E-state index contributed by atoms with van der Waals surface area (Å²) in [5.74, 6) is -1.91. The third kappa shape index (κ3) is 5.97. The average molecular weight is 304 g/mol. The molecule has 4 N–H and O–H groups in total. The van der Waals surface area contributed by atoms with E-state index in [0.717, 1.165) is 0 Å². The summed E-state index contributed by atoms with van der Waals surface area (Å²) in [5, 5.41) is 11.4. The number of amides is 1. The molecule has 1 aliphatic carbocycles. The zero-order chi connectivity index (χ0) is 16.4. The molecular formula is C14H25FN2O4. The molecule has 0 unspecified atom stereocenters. The standard InChI is InChI=1S/C14H25FN2O4/c1-8(21-13(2,3)4)10(16)11(18)17-9(12(19)20)7-14(15)5-6-14/h8-10H,5-7,16H2,1-4H3,(H,17,18)(H,19,20)/t8-,9+,10+/m1/s1. The average Bonchev–Trinajstić information content (AvgIpc) is 3.02. The molecule has 1 fully saturated rings. The van der Waals surface area contributed by atoms with Gasteiger partial charge in [-0.25, -0.2) is 9.18 Å². The lowest BCUT2D eigenvalue weighted by Gasteiger charge is -2.29. The summed E-state index contributed by atoms with van der Waals surface area (Å²) in [6.07, 6.45) is -0.139. The number of carboxylic acids is 1. The van der Waals surface area contributed by atoms with Crippen molar-refractivity contribution >= 4 is 11.9 Å². The van der Waals surface area contributed by atoms with Crippen molar-refractivity contribution in [3.63, 3.8) is 0 Å². The van der Waals surface area contributed by atoms with E-state index in [-0.39, 0.29) is 6.42 Å². The predicted octanol–water partition coefficient (Wildman–Crippen LogP) is 0.979. The molecule has 0 radical (unpaired) electrons. The summed E-state index contributed by atoms with van der Waals surface area (Å²) < 4.78 is 19.2. The molecule has 6 nitrogen and oxygen atoms in total. The molecule has 0 saturated heterocycles. The SMILES string of the molecule is C[C@@H](OC(C)(C)C)[C@H](N)C(=O)N[C@@H](CC1(F)CC1)C(=O)O. The number of nitrogens with one attached hydrogen (secondary N) is 1. The van der Waals surface area contributed by atoms with Gasteiger partial charge in [0.2, 0.25) is 5.91 Å². The van der Waals surface area contributed by atoms with Crippen LogP contribution in [-0.2, 0) is 14.3 Å². The number of aliphatic carboxylic acids is 1. The van der Waals surface area contributed by atoms with E-state index in [9.17, 15) is 14.0 Å². The molecule has 0 aliphatic heterocycles. The molecule has 0 spiro atoms. The lowest BCUT2D eigenvalue weighted by atomic mass is 10.1. The highest BCUT2D eigenvalue weighted by Gasteiger charge is 2.46. The Morgan fingerprint density at radius 3 is 2.33 bits per heavy atom. The lowest BCUT2D eigenvalue weighted by molar-refractivity contribution is -0.144. The van der Waals surface area contributed by atoms with Crippen LogP contribution in [0, 0.1) is 0 Å². The minimum atomic E-state index is -1.46. The van der Waals surface area contributed by atoms with Crippen LogP contribution in [0.15, 0.2) is 0 Å². The second-order valence-corrected chi connectivity index (χ2v) is 6.72. The van der Waals surface area contributed by atoms with Crippen LogP contribution in [0.3, 0.4) is 0 Å². The fourth-order valence-corrected chi connectivity index (χ4v) is 2.02. The molecule has 0 aromatic carbocycles. The van der Waals surface area contributed by atoms with Gasteiger partial charge in [0.15, 0.2) is 0 Å². The van der Waals surface area contributed by atoms with Crippen LogP contribution in [-0.4, -0.2) is 46.4 Å². The highest BCUT2D eigenvalue weighted by Crippen LogP contribution is 2.43. The number of carbonyl (C=O) groups excluding carboxylic acids is 1. The minimum absolute atomic E-state index is 0.227. The van der Waals surface area contributed by atoms with Gasteiger partial charge in [0.1, 0.15) is 17.8 Å². The first kappa shape index (κ1) is 17.8. The van der Waals surface area contributed by atoms with Gasteiger partial charge in [0.25, 0.3) is 0 Å². The number of hydrogen-bond acceptors (Lipinski definition) is 4. The second kappa shape index (κ2) is 6.27. The number of carbonyl (C=O) groups is 2. The number of nitrogens with two attached hydrogens (primary N) is 1. The summed E-state index contributed by atoms with van der Waals surface area (Å²) in [4.78, 5) is 23.1. The number of carboxylic acid groups (broad SMARTS) is 1. The van der Waals surface area contributed by atoms with E-state index in [1.54, 1.807) is 6.92 Å². The molecule has 3 atom stereocenters. The van der Waals surface area contributed by atoms with Crippen molar-refractivity contribution in [3.8, 4) is 0 Å². The van der Waals surface area contributed by atoms with Crippen molar-refractivity contribution < 1.29 is 23.8 Å². The molecule has 0 heterocycles. The zero-order valence-electron chi connectivity index (χ0n) is 13.0. The number of hydrogen-bond donors (Lipinski definition) is 3. The Labute approximate surface area is 124 Å². The van der Waals surface area contributed by atoms with Crippen molar-refractivity contribution in [3.05, 3.63) is 0 Å². The smallest absolute Gasteiger partial charge is 0.326 e. The Morgan fingerprint density at radius 2 is 1.95 bits per heavy atom. The van der Waals surface area contributed by atoms with E-state index in [4.69, 9.17) is 15.6 Å². The molecule has 1 rings (SSSR count). The molecule has 0 aromatic rings. The topological polar surface area (TPSA) is 102 Å². The first-order valence-corrected chi connectivity index (χ1v) is 7.09. The van der Waals surface area contributed by atoms with Crippen molar-refractivity contribution in [2.75, 3.05) is 0 Å². The number of halogens is 1. The summed E-state index contributed by atoms with van der Waals surface area (Å²) in [7, 11) is 0. The van der Waals surface area contributed by atoms with E-state index in [1.165, 1.54) is 0 Å².